The molecule has 4 nitrogen and oxygen atoms in total. The van der Waals surface area contributed by atoms with Crippen LogP contribution in [0.15, 0.2) is 30.0 Å². The van der Waals surface area contributed by atoms with E-state index in [1.807, 2.05) is 24.3 Å². The van der Waals surface area contributed by atoms with Crippen LogP contribution in [0.2, 0.25) is 0 Å². The number of ether oxygens (including phenoxy) is 3. The van der Waals surface area contributed by atoms with E-state index < -0.39 is 0 Å². The molecule has 1 heterocycles. The summed E-state index contributed by atoms with van der Waals surface area (Å²) in [5, 5.41) is 0. The first-order valence-corrected chi connectivity index (χ1v) is 6.52. The Morgan fingerprint density at radius 1 is 1.32 bits per heavy atom. The van der Waals surface area contributed by atoms with Crippen LogP contribution < -0.4 is 9.47 Å². The number of carbonyl (C=O) groups is 1. The SMILES string of the molecule is CC(=O)OC1=CCCCC1c1ccc2c(c1)OCO2. The van der Waals surface area contributed by atoms with Crippen molar-refractivity contribution < 1.29 is 19.0 Å². The van der Waals surface area contributed by atoms with Crippen LogP contribution in [0.1, 0.15) is 37.7 Å². The Morgan fingerprint density at radius 2 is 2.16 bits per heavy atom. The topological polar surface area (TPSA) is 44.8 Å². The van der Waals surface area contributed by atoms with E-state index in [9.17, 15) is 4.79 Å². The Kier molecular flexibility index (Phi) is 3.15. The molecule has 1 aromatic rings. The lowest BCUT2D eigenvalue weighted by molar-refractivity contribution is -0.137. The summed E-state index contributed by atoms with van der Waals surface area (Å²) < 4.78 is 16.0. The molecule has 1 aliphatic heterocycles. The number of carbonyl (C=O) groups excluding carboxylic acids is 1. The Balaban J connectivity index is 1.89. The molecule has 2 aliphatic rings. The second-order valence-electron chi connectivity index (χ2n) is 4.80. The predicted molar refractivity (Wildman–Crippen MR) is 69.0 cm³/mol. The van der Waals surface area contributed by atoms with E-state index in [1.165, 1.54) is 6.92 Å². The summed E-state index contributed by atoms with van der Waals surface area (Å²) >= 11 is 0. The fourth-order valence-electron chi connectivity index (χ4n) is 2.59. The highest BCUT2D eigenvalue weighted by Gasteiger charge is 2.24. The summed E-state index contributed by atoms with van der Waals surface area (Å²) in [7, 11) is 0. The van der Waals surface area contributed by atoms with Gasteiger partial charge in [0.1, 0.15) is 5.76 Å². The van der Waals surface area contributed by atoms with Crippen molar-refractivity contribution >= 4 is 5.97 Å². The molecule has 0 N–H and O–H groups in total. The van der Waals surface area contributed by atoms with Gasteiger partial charge in [-0.25, -0.2) is 0 Å². The number of esters is 1. The lowest BCUT2D eigenvalue weighted by Crippen LogP contribution is -2.12. The minimum atomic E-state index is -0.265. The standard InChI is InChI=1S/C15H16O4/c1-10(16)19-13-5-3-2-4-12(13)11-6-7-14-15(8-11)18-9-17-14/h5-8,12H,2-4,9H2,1H3. The molecular formula is C15H16O4. The minimum absolute atomic E-state index is 0.132. The van der Waals surface area contributed by atoms with Crippen molar-refractivity contribution in [2.24, 2.45) is 0 Å². The molecule has 0 saturated carbocycles. The molecule has 0 saturated heterocycles. The van der Waals surface area contributed by atoms with Crippen molar-refractivity contribution in [3.8, 4) is 11.5 Å². The van der Waals surface area contributed by atoms with Gasteiger partial charge in [-0.1, -0.05) is 6.07 Å². The molecule has 1 aliphatic carbocycles. The second kappa shape index (κ2) is 4.96. The van der Waals surface area contributed by atoms with E-state index >= 15 is 0 Å². The van der Waals surface area contributed by atoms with E-state index in [2.05, 4.69) is 0 Å². The zero-order valence-corrected chi connectivity index (χ0v) is 10.8. The Morgan fingerprint density at radius 3 is 3.00 bits per heavy atom. The van der Waals surface area contributed by atoms with Crippen LogP contribution in [0.25, 0.3) is 0 Å². The number of benzene rings is 1. The Hall–Kier alpha value is -1.97. The predicted octanol–water partition coefficient (Wildman–Crippen LogP) is 3.13. The summed E-state index contributed by atoms with van der Waals surface area (Å²) in [6.07, 6.45) is 5.06. The highest BCUT2D eigenvalue weighted by molar-refractivity contribution is 5.67. The highest BCUT2D eigenvalue weighted by atomic mass is 16.7. The lowest BCUT2D eigenvalue weighted by Gasteiger charge is -2.23. The van der Waals surface area contributed by atoms with Crippen molar-refractivity contribution in [1.82, 2.24) is 0 Å². The first kappa shape index (κ1) is 12.1. The summed E-state index contributed by atoms with van der Waals surface area (Å²) in [6.45, 7) is 1.71. The quantitative estimate of drug-likeness (QED) is 0.766. The van der Waals surface area contributed by atoms with Gasteiger partial charge in [0.25, 0.3) is 0 Å². The van der Waals surface area contributed by atoms with Crippen LogP contribution >= 0.6 is 0 Å². The molecule has 19 heavy (non-hydrogen) atoms. The first-order chi connectivity index (χ1) is 9.24. The molecular weight excluding hydrogens is 244 g/mol. The molecule has 0 aromatic heterocycles. The maximum atomic E-state index is 11.2. The van der Waals surface area contributed by atoms with Gasteiger partial charge in [-0.15, -0.1) is 0 Å². The van der Waals surface area contributed by atoms with Gasteiger partial charge in [0.15, 0.2) is 11.5 Å². The smallest absolute Gasteiger partial charge is 0.307 e. The highest BCUT2D eigenvalue weighted by Crippen LogP contribution is 2.40. The van der Waals surface area contributed by atoms with Crippen LogP contribution in [0.5, 0.6) is 11.5 Å². The van der Waals surface area contributed by atoms with Crippen molar-refractivity contribution in [2.45, 2.75) is 32.1 Å². The van der Waals surface area contributed by atoms with E-state index in [0.29, 0.717) is 0 Å². The normalized spacial score (nSPS) is 20.9. The third-order valence-electron chi connectivity index (χ3n) is 3.45. The van der Waals surface area contributed by atoms with Gasteiger partial charge in [-0.3, -0.25) is 4.79 Å². The van der Waals surface area contributed by atoms with Crippen molar-refractivity contribution in [2.75, 3.05) is 6.79 Å². The summed E-state index contributed by atoms with van der Waals surface area (Å²) in [5.41, 5.74) is 1.11. The molecule has 1 unspecified atom stereocenters. The van der Waals surface area contributed by atoms with Gasteiger partial charge in [-0.2, -0.15) is 0 Å². The van der Waals surface area contributed by atoms with Gasteiger partial charge in [-0.05, 0) is 43.0 Å². The number of hydrogen-bond donors (Lipinski definition) is 0. The monoisotopic (exact) mass is 260 g/mol. The Labute approximate surface area is 112 Å². The molecule has 100 valence electrons. The summed E-state index contributed by atoms with van der Waals surface area (Å²) in [5.74, 6) is 2.17. The zero-order valence-electron chi connectivity index (χ0n) is 10.8. The number of allylic oxidation sites excluding steroid dienone is 2. The number of fused-ring (bicyclic) bond motifs is 1. The van der Waals surface area contributed by atoms with Crippen LogP contribution in [-0.2, 0) is 9.53 Å². The molecule has 4 heteroatoms. The molecule has 0 bridgehead atoms. The lowest BCUT2D eigenvalue weighted by atomic mass is 9.87. The van der Waals surface area contributed by atoms with E-state index in [-0.39, 0.29) is 18.7 Å². The summed E-state index contributed by atoms with van der Waals surface area (Å²) in [4.78, 5) is 11.2. The van der Waals surface area contributed by atoms with Crippen LogP contribution in [0.4, 0.5) is 0 Å². The largest absolute Gasteiger partial charge is 0.454 e. The first-order valence-electron chi connectivity index (χ1n) is 6.52. The zero-order chi connectivity index (χ0) is 13.2. The third kappa shape index (κ3) is 2.43. The van der Waals surface area contributed by atoms with Crippen molar-refractivity contribution in [3.05, 3.63) is 35.6 Å². The average molecular weight is 260 g/mol. The molecule has 0 radical (unpaired) electrons. The van der Waals surface area contributed by atoms with E-state index in [0.717, 1.165) is 42.1 Å². The third-order valence-corrected chi connectivity index (χ3v) is 3.45. The molecule has 0 amide bonds. The van der Waals surface area contributed by atoms with Crippen molar-refractivity contribution in [1.29, 1.82) is 0 Å². The van der Waals surface area contributed by atoms with Gasteiger partial charge < -0.3 is 14.2 Å². The fraction of sp³-hybridized carbons (Fsp3) is 0.400. The van der Waals surface area contributed by atoms with Gasteiger partial charge in [0.05, 0.1) is 0 Å². The van der Waals surface area contributed by atoms with E-state index in [4.69, 9.17) is 14.2 Å². The fourth-order valence-corrected chi connectivity index (χ4v) is 2.59. The Bertz CT molecular complexity index is 533. The maximum Gasteiger partial charge on any atom is 0.307 e. The molecule has 0 spiro atoms. The van der Waals surface area contributed by atoms with E-state index in [1.54, 1.807) is 0 Å². The van der Waals surface area contributed by atoms with Crippen LogP contribution in [0.3, 0.4) is 0 Å². The van der Waals surface area contributed by atoms with Gasteiger partial charge in [0.2, 0.25) is 6.79 Å². The maximum absolute atomic E-state index is 11.2. The second-order valence-corrected chi connectivity index (χ2v) is 4.80. The van der Waals surface area contributed by atoms with Gasteiger partial charge in [0, 0.05) is 12.8 Å². The van der Waals surface area contributed by atoms with Crippen LogP contribution in [0, 0.1) is 0 Å². The number of hydrogen-bond acceptors (Lipinski definition) is 4. The minimum Gasteiger partial charge on any atom is -0.454 e. The summed E-state index contributed by atoms with van der Waals surface area (Å²) in [6, 6.07) is 5.91. The molecule has 0 fully saturated rings. The van der Waals surface area contributed by atoms with Crippen molar-refractivity contribution in [3.63, 3.8) is 0 Å². The average Bonchev–Trinajstić information content (AvgIpc) is 2.86. The molecule has 3 rings (SSSR count). The van der Waals surface area contributed by atoms with Gasteiger partial charge >= 0.3 is 5.97 Å². The molecule has 1 atom stereocenters. The van der Waals surface area contributed by atoms with Crippen LogP contribution in [-0.4, -0.2) is 12.8 Å². The molecule has 1 aromatic carbocycles. The number of rotatable bonds is 2.